The van der Waals surface area contributed by atoms with Crippen molar-refractivity contribution in [3.8, 4) is 0 Å². The van der Waals surface area contributed by atoms with Crippen molar-refractivity contribution in [2.75, 3.05) is 18.5 Å². The second-order valence-electron chi connectivity index (χ2n) is 3.31. The normalized spacial score (nSPS) is 11.1. The molecule has 0 aliphatic carbocycles. The third-order valence-corrected chi connectivity index (χ3v) is 2.43. The topological polar surface area (TPSA) is 32.3 Å². The number of carbonyl (C=O) groups is 1. The van der Waals surface area contributed by atoms with Crippen LogP contribution < -0.4 is 10.2 Å². The number of nitrogens with one attached hydrogen (secondary N) is 1. The molecule has 3 nitrogen and oxygen atoms in total. The number of carbonyl (C=O) groups excluding carboxylic acids is 1. The van der Waals surface area contributed by atoms with E-state index in [-0.39, 0.29) is 0 Å². The Kier molecular flexibility index (Phi) is 4.39. The molecule has 0 fully saturated rings. The fraction of sp³-hybridized carbons (Fsp3) is 0.300. The second-order valence-corrected chi connectivity index (χ2v) is 4.23. The van der Waals surface area contributed by atoms with Crippen LogP contribution in [-0.2, 0) is 0 Å². The summed E-state index contributed by atoms with van der Waals surface area (Å²) in [6.07, 6.45) is -4.41. The van der Waals surface area contributed by atoms with Crippen LogP contribution in [0.5, 0.6) is 0 Å². The molecular weight excluding hydrogens is 301 g/mol. The summed E-state index contributed by atoms with van der Waals surface area (Å²) < 4.78 is 36.5. The Morgan fingerprint density at radius 3 is 2.65 bits per heavy atom. The summed E-state index contributed by atoms with van der Waals surface area (Å²) in [4.78, 5) is 12.5. The van der Waals surface area contributed by atoms with Crippen LogP contribution in [0.4, 0.5) is 23.7 Å². The smallest absolute Gasteiger partial charge is 0.329 e. The minimum absolute atomic E-state index is 0.499. The Hall–Kier alpha value is -1.24. The zero-order valence-electron chi connectivity index (χ0n) is 8.88. The summed E-state index contributed by atoms with van der Waals surface area (Å²) in [5, 5.41) is 1.79. The number of alkyl halides is 3. The van der Waals surface area contributed by atoms with Gasteiger partial charge in [0.2, 0.25) is 0 Å². The summed E-state index contributed by atoms with van der Waals surface area (Å²) in [6, 6.07) is 5.89. The van der Waals surface area contributed by atoms with Crippen LogP contribution in [0.2, 0.25) is 0 Å². The molecule has 1 rings (SSSR count). The van der Waals surface area contributed by atoms with Crippen molar-refractivity contribution in [2.45, 2.75) is 6.18 Å². The third-order valence-electron chi connectivity index (χ3n) is 1.94. The quantitative estimate of drug-likeness (QED) is 0.894. The predicted octanol–water partition coefficient (Wildman–Crippen LogP) is 3.16. The van der Waals surface area contributed by atoms with Crippen LogP contribution >= 0.6 is 15.9 Å². The molecule has 17 heavy (non-hydrogen) atoms. The number of halogens is 4. The molecule has 1 aromatic carbocycles. The molecule has 2 amide bonds. The van der Waals surface area contributed by atoms with Crippen molar-refractivity contribution in [1.29, 1.82) is 0 Å². The van der Waals surface area contributed by atoms with Crippen molar-refractivity contribution in [3.05, 3.63) is 28.7 Å². The van der Waals surface area contributed by atoms with E-state index in [1.165, 1.54) is 7.05 Å². The van der Waals surface area contributed by atoms with Gasteiger partial charge in [-0.05, 0) is 18.2 Å². The van der Waals surface area contributed by atoms with Crippen LogP contribution in [0.3, 0.4) is 0 Å². The molecule has 7 heteroatoms. The van der Waals surface area contributed by atoms with Gasteiger partial charge in [0.1, 0.15) is 6.54 Å². The van der Waals surface area contributed by atoms with E-state index in [2.05, 4.69) is 15.9 Å². The fourth-order valence-electron chi connectivity index (χ4n) is 1.10. The molecule has 0 saturated carbocycles. The highest BCUT2D eigenvalue weighted by Gasteiger charge is 2.28. The van der Waals surface area contributed by atoms with Crippen LogP contribution in [0.1, 0.15) is 0 Å². The van der Waals surface area contributed by atoms with Gasteiger partial charge in [-0.1, -0.05) is 22.0 Å². The molecule has 0 bridgehead atoms. The lowest BCUT2D eigenvalue weighted by atomic mass is 10.3. The molecular formula is C10H10BrF3N2O. The number of hydrogen-bond donors (Lipinski definition) is 1. The minimum Gasteiger partial charge on any atom is -0.329 e. The first-order valence-corrected chi connectivity index (χ1v) is 5.43. The maximum atomic E-state index is 11.9. The lowest BCUT2D eigenvalue weighted by molar-refractivity contribution is -0.122. The molecule has 0 spiro atoms. The summed E-state index contributed by atoms with van der Waals surface area (Å²) in [5.41, 5.74) is 0.499. The second kappa shape index (κ2) is 5.39. The van der Waals surface area contributed by atoms with Gasteiger partial charge in [0, 0.05) is 17.2 Å². The van der Waals surface area contributed by atoms with Crippen LogP contribution in [0, 0.1) is 0 Å². The molecule has 1 N–H and O–H groups in total. The number of benzene rings is 1. The van der Waals surface area contributed by atoms with E-state index in [0.717, 1.165) is 9.37 Å². The van der Waals surface area contributed by atoms with E-state index in [1.807, 2.05) is 0 Å². The van der Waals surface area contributed by atoms with Crippen molar-refractivity contribution in [2.24, 2.45) is 0 Å². The predicted molar refractivity (Wildman–Crippen MR) is 62.0 cm³/mol. The fourth-order valence-corrected chi connectivity index (χ4v) is 1.48. The monoisotopic (exact) mass is 310 g/mol. The molecule has 1 aromatic rings. The van der Waals surface area contributed by atoms with Gasteiger partial charge in [-0.2, -0.15) is 13.2 Å². The molecule has 0 atom stereocenters. The lowest BCUT2D eigenvalue weighted by Crippen LogP contribution is -2.41. The average Bonchev–Trinajstić information content (AvgIpc) is 2.24. The van der Waals surface area contributed by atoms with Gasteiger partial charge < -0.3 is 5.32 Å². The highest BCUT2D eigenvalue weighted by atomic mass is 79.9. The van der Waals surface area contributed by atoms with Gasteiger partial charge in [-0.15, -0.1) is 0 Å². The molecule has 0 saturated heterocycles. The van der Waals surface area contributed by atoms with E-state index >= 15 is 0 Å². The van der Waals surface area contributed by atoms with Gasteiger partial charge in [-0.3, -0.25) is 4.90 Å². The third kappa shape index (κ3) is 4.64. The zero-order valence-corrected chi connectivity index (χ0v) is 10.5. The van der Waals surface area contributed by atoms with Crippen LogP contribution in [0.25, 0.3) is 0 Å². The van der Waals surface area contributed by atoms with E-state index in [4.69, 9.17) is 0 Å². The van der Waals surface area contributed by atoms with Crippen molar-refractivity contribution in [3.63, 3.8) is 0 Å². The number of nitrogens with zero attached hydrogens (tertiary/aromatic N) is 1. The highest BCUT2D eigenvalue weighted by molar-refractivity contribution is 9.10. The largest absolute Gasteiger partial charge is 0.405 e. The summed E-state index contributed by atoms with van der Waals surface area (Å²) in [7, 11) is 1.40. The molecule has 0 radical (unpaired) electrons. The van der Waals surface area contributed by atoms with E-state index in [0.29, 0.717) is 5.69 Å². The number of urea groups is 1. The Balaban J connectivity index is 2.64. The van der Waals surface area contributed by atoms with Gasteiger partial charge in [0.15, 0.2) is 0 Å². The van der Waals surface area contributed by atoms with Crippen molar-refractivity contribution < 1.29 is 18.0 Å². The molecule has 0 unspecified atom stereocenters. The maximum absolute atomic E-state index is 11.9. The number of hydrogen-bond acceptors (Lipinski definition) is 1. The Morgan fingerprint density at radius 2 is 2.12 bits per heavy atom. The first-order chi connectivity index (χ1) is 7.79. The molecule has 0 heterocycles. The standard InChI is InChI=1S/C10H10BrF3N2O/c1-16(8-4-2-3-7(11)5-8)9(17)15-6-10(12,13)14/h2-5H,6H2,1H3,(H,15,17). The first-order valence-electron chi connectivity index (χ1n) is 4.63. The van der Waals surface area contributed by atoms with E-state index in [1.54, 1.807) is 29.6 Å². The van der Waals surface area contributed by atoms with E-state index in [9.17, 15) is 18.0 Å². The first kappa shape index (κ1) is 13.8. The average molecular weight is 311 g/mol. The zero-order chi connectivity index (χ0) is 13.1. The molecule has 0 aliphatic heterocycles. The SMILES string of the molecule is CN(C(=O)NCC(F)(F)F)c1cccc(Br)c1. The number of amides is 2. The van der Waals surface area contributed by atoms with Crippen LogP contribution in [-0.4, -0.2) is 25.8 Å². The van der Waals surface area contributed by atoms with Crippen LogP contribution in [0.15, 0.2) is 28.7 Å². The molecule has 0 aromatic heterocycles. The highest BCUT2D eigenvalue weighted by Crippen LogP contribution is 2.19. The summed E-state index contributed by atoms with van der Waals surface area (Å²) >= 11 is 3.21. The molecule has 0 aliphatic rings. The summed E-state index contributed by atoms with van der Waals surface area (Å²) in [6.45, 7) is -1.34. The Morgan fingerprint density at radius 1 is 1.47 bits per heavy atom. The van der Waals surface area contributed by atoms with Crippen molar-refractivity contribution >= 4 is 27.6 Å². The number of anilines is 1. The van der Waals surface area contributed by atoms with Gasteiger partial charge in [-0.25, -0.2) is 4.79 Å². The Labute approximate surface area is 105 Å². The Bertz CT molecular complexity index is 409. The summed E-state index contributed by atoms with van der Waals surface area (Å²) in [5.74, 6) is 0. The lowest BCUT2D eigenvalue weighted by Gasteiger charge is -2.18. The van der Waals surface area contributed by atoms with Gasteiger partial charge in [0.05, 0.1) is 0 Å². The van der Waals surface area contributed by atoms with Gasteiger partial charge >= 0.3 is 12.2 Å². The number of rotatable bonds is 2. The molecule has 94 valence electrons. The van der Waals surface area contributed by atoms with Crippen molar-refractivity contribution in [1.82, 2.24) is 5.32 Å². The van der Waals surface area contributed by atoms with E-state index < -0.39 is 18.8 Å². The minimum atomic E-state index is -4.41. The van der Waals surface area contributed by atoms with Gasteiger partial charge in [0.25, 0.3) is 0 Å². The maximum Gasteiger partial charge on any atom is 0.405 e.